The lowest BCUT2D eigenvalue weighted by Crippen LogP contribution is -2.03. The van der Waals surface area contributed by atoms with Crippen LogP contribution in [0.5, 0.6) is 0 Å². The van der Waals surface area contributed by atoms with Crippen molar-refractivity contribution < 1.29 is 0 Å². The van der Waals surface area contributed by atoms with Crippen molar-refractivity contribution in [2.75, 3.05) is 11.9 Å². The van der Waals surface area contributed by atoms with Crippen LogP contribution in [0, 0.1) is 5.92 Å². The molecule has 1 aromatic heterocycles. The van der Waals surface area contributed by atoms with E-state index in [9.17, 15) is 0 Å². The fraction of sp³-hybridized carbons (Fsp3) is 0.600. The Morgan fingerprint density at radius 1 is 1.50 bits per heavy atom. The minimum absolute atomic E-state index is 0.779. The molecule has 1 heterocycles. The van der Waals surface area contributed by atoms with Gasteiger partial charge in [-0.05, 0) is 18.4 Å². The van der Waals surface area contributed by atoms with E-state index in [4.69, 9.17) is 0 Å². The maximum absolute atomic E-state index is 3.38. The molecule has 0 saturated heterocycles. The highest BCUT2D eigenvalue weighted by Crippen LogP contribution is 2.07. The zero-order chi connectivity index (χ0) is 8.97. The summed E-state index contributed by atoms with van der Waals surface area (Å²) in [6.45, 7) is 5.56. The van der Waals surface area contributed by atoms with Crippen molar-refractivity contribution in [3.63, 3.8) is 0 Å². The molecule has 12 heavy (non-hydrogen) atoms. The van der Waals surface area contributed by atoms with Gasteiger partial charge in [0.15, 0.2) is 0 Å². The van der Waals surface area contributed by atoms with Gasteiger partial charge < -0.3 is 9.88 Å². The smallest absolute Gasteiger partial charge is 0.0519 e. The molecule has 1 aromatic rings. The van der Waals surface area contributed by atoms with E-state index in [0.717, 1.165) is 12.5 Å². The van der Waals surface area contributed by atoms with Crippen molar-refractivity contribution in [1.82, 2.24) is 4.57 Å². The summed E-state index contributed by atoms with van der Waals surface area (Å²) in [5.74, 6) is 0.779. The van der Waals surface area contributed by atoms with Crippen molar-refractivity contribution >= 4 is 5.69 Å². The van der Waals surface area contributed by atoms with Crippen LogP contribution in [0.3, 0.4) is 0 Å². The lowest BCUT2D eigenvalue weighted by atomic mass is 10.1. The first-order valence-electron chi connectivity index (χ1n) is 4.54. The van der Waals surface area contributed by atoms with Crippen molar-refractivity contribution in [1.29, 1.82) is 0 Å². The predicted octanol–water partition coefficient (Wildman–Crippen LogP) is 2.48. The average molecular weight is 166 g/mol. The highest BCUT2D eigenvalue weighted by Gasteiger charge is 1.94. The number of nitrogens with zero attached hydrogens (tertiary/aromatic N) is 1. The number of aromatic nitrogens is 1. The van der Waals surface area contributed by atoms with Gasteiger partial charge in [-0.1, -0.05) is 13.8 Å². The highest BCUT2D eigenvalue weighted by molar-refractivity contribution is 5.40. The van der Waals surface area contributed by atoms with Gasteiger partial charge in [0.2, 0.25) is 0 Å². The SMILES string of the molecule is CC(C)CCNc1ccn(C)c1. The molecule has 0 unspecified atom stereocenters. The van der Waals surface area contributed by atoms with Crippen LogP contribution in [-0.4, -0.2) is 11.1 Å². The van der Waals surface area contributed by atoms with E-state index in [-0.39, 0.29) is 0 Å². The van der Waals surface area contributed by atoms with Crippen LogP contribution in [0.4, 0.5) is 5.69 Å². The van der Waals surface area contributed by atoms with Gasteiger partial charge in [-0.2, -0.15) is 0 Å². The number of hydrogen-bond acceptors (Lipinski definition) is 1. The highest BCUT2D eigenvalue weighted by atomic mass is 15.0. The molecule has 0 spiro atoms. The number of rotatable bonds is 4. The monoisotopic (exact) mass is 166 g/mol. The minimum Gasteiger partial charge on any atom is -0.384 e. The van der Waals surface area contributed by atoms with Gasteiger partial charge in [-0.25, -0.2) is 0 Å². The third kappa shape index (κ3) is 2.99. The van der Waals surface area contributed by atoms with Crippen LogP contribution in [0.25, 0.3) is 0 Å². The van der Waals surface area contributed by atoms with Crippen LogP contribution in [0.2, 0.25) is 0 Å². The summed E-state index contributed by atoms with van der Waals surface area (Å²) in [6, 6.07) is 2.10. The third-order valence-corrected chi connectivity index (χ3v) is 1.88. The molecular formula is C10H18N2. The Kier molecular flexibility index (Phi) is 3.20. The molecule has 0 aliphatic carbocycles. The normalized spacial score (nSPS) is 10.7. The standard InChI is InChI=1S/C10H18N2/c1-9(2)4-6-11-10-5-7-12(3)8-10/h5,7-9,11H,4,6H2,1-3H3. The molecule has 68 valence electrons. The Balaban J connectivity index is 2.24. The molecule has 1 N–H and O–H groups in total. The Morgan fingerprint density at radius 3 is 2.75 bits per heavy atom. The van der Waals surface area contributed by atoms with Gasteiger partial charge in [0.25, 0.3) is 0 Å². The molecule has 0 radical (unpaired) electrons. The van der Waals surface area contributed by atoms with Gasteiger partial charge in [0.1, 0.15) is 0 Å². The molecule has 0 atom stereocenters. The molecule has 0 fully saturated rings. The Morgan fingerprint density at radius 2 is 2.25 bits per heavy atom. The fourth-order valence-electron chi connectivity index (χ4n) is 1.11. The quantitative estimate of drug-likeness (QED) is 0.727. The molecule has 0 bridgehead atoms. The van der Waals surface area contributed by atoms with Crippen LogP contribution in [-0.2, 0) is 7.05 Å². The molecule has 0 aliphatic heterocycles. The molecule has 1 rings (SSSR count). The van der Waals surface area contributed by atoms with Crippen LogP contribution < -0.4 is 5.32 Å². The zero-order valence-corrected chi connectivity index (χ0v) is 8.17. The second-order valence-corrected chi connectivity index (χ2v) is 3.67. The van der Waals surface area contributed by atoms with Gasteiger partial charge in [0.05, 0.1) is 5.69 Å². The van der Waals surface area contributed by atoms with E-state index < -0.39 is 0 Å². The number of hydrogen-bond donors (Lipinski definition) is 1. The van der Waals surface area contributed by atoms with Crippen molar-refractivity contribution in [2.24, 2.45) is 13.0 Å². The molecule has 0 amide bonds. The van der Waals surface area contributed by atoms with Gasteiger partial charge in [-0.15, -0.1) is 0 Å². The van der Waals surface area contributed by atoms with Crippen LogP contribution >= 0.6 is 0 Å². The molecule has 0 saturated carbocycles. The third-order valence-electron chi connectivity index (χ3n) is 1.88. The maximum Gasteiger partial charge on any atom is 0.0519 e. The summed E-state index contributed by atoms with van der Waals surface area (Å²) in [7, 11) is 2.04. The van der Waals surface area contributed by atoms with Gasteiger partial charge in [-0.3, -0.25) is 0 Å². The summed E-state index contributed by atoms with van der Waals surface area (Å²) in [6.07, 6.45) is 5.38. The summed E-state index contributed by atoms with van der Waals surface area (Å²) in [4.78, 5) is 0. The van der Waals surface area contributed by atoms with E-state index in [0.29, 0.717) is 0 Å². The summed E-state index contributed by atoms with van der Waals surface area (Å²) in [5, 5.41) is 3.38. The first kappa shape index (κ1) is 9.17. The number of nitrogens with one attached hydrogen (secondary N) is 1. The first-order chi connectivity index (χ1) is 5.68. The molecule has 2 nitrogen and oxygen atoms in total. The molecule has 0 aliphatic rings. The topological polar surface area (TPSA) is 17.0 Å². The van der Waals surface area contributed by atoms with Crippen molar-refractivity contribution in [3.8, 4) is 0 Å². The summed E-state index contributed by atoms with van der Waals surface area (Å²) in [5.41, 5.74) is 1.22. The van der Waals surface area contributed by atoms with E-state index in [1.54, 1.807) is 0 Å². The lowest BCUT2D eigenvalue weighted by molar-refractivity contribution is 0.607. The lowest BCUT2D eigenvalue weighted by Gasteiger charge is -2.05. The van der Waals surface area contributed by atoms with Crippen molar-refractivity contribution in [2.45, 2.75) is 20.3 Å². The van der Waals surface area contributed by atoms with Crippen molar-refractivity contribution in [3.05, 3.63) is 18.5 Å². The zero-order valence-electron chi connectivity index (χ0n) is 8.17. The number of aryl methyl sites for hydroxylation is 1. The fourth-order valence-corrected chi connectivity index (χ4v) is 1.11. The average Bonchev–Trinajstić information content (AvgIpc) is 2.35. The Bertz CT molecular complexity index is 225. The Labute approximate surface area is 74.6 Å². The largest absolute Gasteiger partial charge is 0.384 e. The second-order valence-electron chi connectivity index (χ2n) is 3.67. The predicted molar refractivity (Wildman–Crippen MR) is 53.4 cm³/mol. The molecule has 2 heteroatoms. The molecular weight excluding hydrogens is 148 g/mol. The summed E-state index contributed by atoms with van der Waals surface area (Å²) >= 11 is 0. The maximum atomic E-state index is 3.38. The van der Waals surface area contributed by atoms with E-state index in [2.05, 4.69) is 42.2 Å². The van der Waals surface area contributed by atoms with Crippen LogP contribution in [0.1, 0.15) is 20.3 Å². The second kappa shape index (κ2) is 4.19. The van der Waals surface area contributed by atoms with E-state index in [1.807, 2.05) is 7.05 Å². The van der Waals surface area contributed by atoms with Gasteiger partial charge >= 0.3 is 0 Å². The first-order valence-corrected chi connectivity index (χ1v) is 4.54. The molecule has 0 aromatic carbocycles. The van der Waals surface area contributed by atoms with Crippen LogP contribution in [0.15, 0.2) is 18.5 Å². The summed E-state index contributed by atoms with van der Waals surface area (Å²) < 4.78 is 2.05. The van der Waals surface area contributed by atoms with Gasteiger partial charge in [0, 0.05) is 26.0 Å². The Hall–Kier alpha value is -0.920. The van der Waals surface area contributed by atoms with E-state index in [1.165, 1.54) is 12.1 Å². The number of anilines is 1. The minimum atomic E-state index is 0.779. The van der Waals surface area contributed by atoms with E-state index >= 15 is 0 Å².